The Morgan fingerprint density at radius 1 is 1.45 bits per heavy atom. The van der Waals surface area contributed by atoms with E-state index in [1.807, 2.05) is 0 Å². The van der Waals surface area contributed by atoms with Crippen molar-refractivity contribution < 1.29 is 12.8 Å². The maximum absolute atomic E-state index is 13.8. The summed E-state index contributed by atoms with van der Waals surface area (Å²) in [5.74, 6) is -0.284. The standard InChI is InChI=1S/C12H15FN4O2S/c1-17-5-4-15-12(17)8-16-20(18,19)11-3-2-9(7-14)6-10(11)13/h2-6,16H,7-8,14H2,1H3. The Labute approximate surface area is 116 Å². The molecule has 0 spiro atoms. The summed E-state index contributed by atoms with van der Waals surface area (Å²) < 4.78 is 41.9. The fraction of sp³-hybridized carbons (Fsp3) is 0.250. The van der Waals surface area contributed by atoms with Gasteiger partial charge in [-0.3, -0.25) is 0 Å². The number of sulfonamides is 1. The lowest BCUT2D eigenvalue weighted by atomic mass is 10.2. The van der Waals surface area contributed by atoms with Gasteiger partial charge >= 0.3 is 0 Å². The highest BCUT2D eigenvalue weighted by molar-refractivity contribution is 7.89. The van der Waals surface area contributed by atoms with Crippen molar-refractivity contribution in [2.75, 3.05) is 0 Å². The van der Waals surface area contributed by atoms with E-state index in [-0.39, 0.29) is 13.1 Å². The van der Waals surface area contributed by atoms with Crippen LogP contribution in [-0.2, 0) is 30.2 Å². The zero-order chi connectivity index (χ0) is 14.8. The van der Waals surface area contributed by atoms with Gasteiger partial charge in [-0.05, 0) is 17.7 Å². The number of halogens is 1. The topological polar surface area (TPSA) is 90.0 Å². The van der Waals surface area contributed by atoms with Crippen LogP contribution >= 0.6 is 0 Å². The molecule has 0 radical (unpaired) electrons. The van der Waals surface area contributed by atoms with Gasteiger partial charge in [0.05, 0.1) is 6.54 Å². The number of benzene rings is 1. The first-order chi connectivity index (χ1) is 9.44. The molecular weight excluding hydrogens is 283 g/mol. The van der Waals surface area contributed by atoms with Crippen molar-refractivity contribution in [1.29, 1.82) is 0 Å². The molecule has 1 aromatic carbocycles. The normalized spacial score (nSPS) is 11.8. The van der Waals surface area contributed by atoms with E-state index in [1.165, 1.54) is 12.1 Å². The lowest BCUT2D eigenvalue weighted by Crippen LogP contribution is -2.25. The van der Waals surface area contributed by atoms with Gasteiger partial charge in [0, 0.05) is 26.0 Å². The van der Waals surface area contributed by atoms with Crippen molar-refractivity contribution in [3.63, 3.8) is 0 Å². The van der Waals surface area contributed by atoms with Crippen LogP contribution in [0, 0.1) is 5.82 Å². The molecule has 0 aliphatic rings. The monoisotopic (exact) mass is 298 g/mol. The largest absolute Gasteiger partial charge is 0.337 e. The van der Waals surface area contributed by atoms with Crippen LogP contribution in [0.25, 0.3) is 0 Å². The van der Waals surface area contributed by atoms with E-state index < -0.39 is 20.7 Å². The third kappa shape index (κ3) is 3.03. The quantitative estimate of drug-likeness (QED) is 0.841. The Kier molecular flexibility index (Phi) is 4.17. The SMILES string of the molecule is Cn1ccnc1CNS(=O)(=O)c1ccc(CN)cc1F. The molecule has 2 rings (SSSR count). The Morgan fingerprint density at radius 3 is 2.75 bits per heavy atom. The van der Waals surface area contributed by atoms with Crippen LogP contribution in [0.4, 0.5) is 4.39 Å². The van der Waals surface area contributed by atoms with Gasteiger partial charge in [0.2, 0.25) is 10.0 Å². The lowest BCUT2D eigenvalue weighted by molar-refractivity contribution is 0.553. The number of imidazole rings is 1. The Hall–Kier alpha value is -1.77. The summed E-state index contributed by atoms with van der Waals surface area (Å²) in [7, 11) is -2.18. The minimum atomic E-state index is -3.93. The van der Waals surface area contributed by atoms with Gasteiger partial charge in [-0.15, -0.1) is 0 Å². The molecule has 0 fully saturated rings. The molecule has 0 amide bonds. The summed E-state index contributed by atoms with van der Waals surface area (Å²) in [5.41, 5.74) is 5.91. The second-order valence-electron chi connectivity index (χ2n) is 4.25. The fourth-order valence-electron chi connectivity index (χ4n) is 1.69. The molecule has 8 heteroatoms. The summed E-state index contributed by atoms with van der Waals surface area (Å²) in [6.07, 6.45) is 3.25. The first kappa shape index (κ1) is 14.6. The first-order valence-corrected chi connectivity index (χ1v) is 7.36. The average molecular weight is 298 g/mol. The van der Waals surface area contributed by atoms with E-state index in [4.69, 9.17) is 5.73 Å². The maximum Gasteiger partial charge on any atom is 0.243 e. The number of nitrogens with one attached hydrogen (secondary N) is 1. The second-order valence-corrected chi connectivity index (χ2v) is 5.98. The number of hydrogen-bond donors (Lipinski definition) is 2. The number of hydrogen-bond acceptors (Lipinski definition) is 4. The summed E-state index contributed by atoms with van der Waals surface area (Å²) >= 11 is 0. The zero-order valence-corrected chi connectivity index (χ0v) is 11.7. The van der Waals surface area contributed by atoms with Crippen LogP contribution < -0.4 is 10.5 Å². The van der Waals surface area contributed by atoms with Gasteiger partial charge in [-0.2, -0.15) is 0 Å². The number of aryl methyl sites for hydroxylation is 1. The molecule has 108 valence electrons. The van der Waals surface area contributed by atoms with Crippen LogP contribution in [0.15, 0.2) is 35.5 Å². The van der Waals surface area contributed by atoms with E-state index in [0.717, 1.165) is 6.07 Å². The summed E-state index contributed by atoms with van der Waals surface area (Å²) in [4.78, 5) is 3.59. The Bertz CT molecular complexity index is 712. The Balaban J connectivity index is 2.20. The first-order valence-electron chi connectivity index (χ1n) is 5.88. The van der Waals surface area contributed by atoms with Crippen LogP contribution in [0.2, 0.25) is 0 Å². The second kappa shape index (κ2) is 5.70. The van der Waals surface area contributed by atoms with Gasteiger partial charge < -0.3 is 10.3 Å². The third-order valence-corrected chi connectivity index (χ3v) is 4.30. The molecule has 0 unspecified atom stereocenters. The molecule has 6 nitrogen and oxygen atoms in total. The van der Waals surface area contributed by atoms with Gasteiger partial charge in [-0.25, -0.2) is 22.5 Å². The summed E-state index contributed by atoms with van der Waals surface area (Å²) in [6.45, 7) is 0.141. The van der Waals surface area contributed by atoms with Gasteiger partial charge in [0.15, 0.2) is 0 Å². The minimum absolute atomic E-state index is 0.0100. The molecule has 1 aromatic heterocycles. The van der Waals surface area contributed by atoms with E-state index in [0.29, 0.717) is 11.4 Å². The number of nitrogens with two attached hydrogens (primary N) is 1. The van der Waals surface area contributed by atoms with Crippen LogP contribution in [-0.4, -0.2) is 18.0 Å². The molecule has 20 heavy (non-hydrogen) atoms. The number of nitrogens with zero attached hydrogens (tertiary/aromatic N) is 2. The Morgan fingerprint density at radius 2 is 2.20 bits per heavy atom. The van der Waals surface area contributed by atoms with E-state index >= 15 is 0 Å². The molecule has 2 aromatic rings. The fourth-order valence-corrected chi connectivity index (χ4v) is 2.73. The molecular formula is C12H15FN4O2S. The molecule has 3 N–H and O–H groups in total. The lowest BCUT2D eigenvalue weighted by Gasteiger charge is -2.08. The average Bonchev–Trinajstić information content (AvgIpc) is 2.81. The smallest absolute Gasteiger partial charge is 0.243 e. The molecule has 0 atom stereocenters. The van der Waals surface area contributed by atoms with Crippen LogP contribution in [0.1, 0.15) is 11.4 Å². The van der Waals surface area contributed by atoms with E-state index in [1.54, 1.807) is 24.0 Å². The van der Waals surface area contributed by atoms with Crippen LogP contribution in [0.3, 0.4) is 0 Å². The van der Waals surface area contributed by atoms with Crippen molar-refractivity contribution in [3.8, 4) is 0 Å². The third-order valence-electron chi connectivity index (χ3n) is 2.86. The van der Waals surface area contributed by atoms with Gasteiger partial charge in [0.1, 0.15) is 16.5 Å². The van der Waals surface area contributed by atoms with E-state index in [9.17, 15) is 12.8 Å². The van der Waals surface area contributed by atoms with Crippen molar-refractivity contribution in [3.05, 3.63) is 47.8 Å². The number of rotatable bonds is 5. The molecule has 1 heterocycles. The van der Waals surface area contributed by atoms with Gasteiger partial charge in [0.25, 0.3) is 0 Å². The van der Waals surface area contributed by atoms with Crippen molar-refractivity contribution in [1.82, 2.24) is 14.3 Å². The van der Waals surface area contributed by atoms with Gasteiger partial charge in [-0.1, -0.05) is 6.07 Å². The summed E-state index contributed by atoms with van der Waals surface area (Å²) in [5, 5.41) is 0. The number of aromatic nitrogens is 2. The molecule has 0 aliphatic heterocycles. The minimum Gasteiger partial charge on any atom is -0.337 e. The van der Waals surface area contributed by atoms with Crippen molar-refractivity contribution in [2.24, 2.45) is 12.8 Å². The molecule has 0 saturated heterocycles. The predicted octanol–water partition coefficient (Wildman–Crippen LogP) is 0.496. The summed E-state index contributed by atoms with van der Waals surface area (Å²) in [6, 6.07) is 3.81. The molecule has 0 aliphatic carbocycles. The maximum atomic E-state index is 13.8. The highest BCUT2D eigenvalue weighted by atomic mass is 32.2. The van der Waals surface area contributed by atoms with E-state index in [2.05, 4.69) is 9.71 Å². The van der Waals surface area contributed by atoms with Crippen LogP contribution in [0.5, 0.6) is 0 Å². The highest BCUT2D eigenvalue weighted by Crippen LogP contribution is 2.16. The molecule has 0 bridgehead atoms. The predicted molar refractivity (Wildman–Crippen MR) is 71.5 cm³/mol. The van der Waals surface area contributed by atoms with Crippen molar-refractivity contribution >= 4 is 10.0 Å². The zero-order valence-electron chi connectivity index (χ0n) is 10.9. The van der Waals surface area contributed by atoms with Crippen molar-refractivity contribution in [2.45, 2.75) is 18.0 Å². The highest BCUT2D eigenvalue weighted by Gasteiger charge is 2.19. The molecule has 0 saturated carbocycles.